The predicted molar refractivity (Wildman–Crippen MR) is 137 cm³/mol. The van der Waals surface area contributed by atoms with Gasteiger partial charge < -0.3 is 14.2 Å². The van der Waals surface area contributed by atoms with Gasteiger partial charge in [0, 0.05) is 23.7 Å². The summed E-state index contributed by atoms with van der Waals surface area (Å²) >= 11 is 0. The van der Waals surface area contributed by atoms with Gasteiger partial charge >= 0.3 is 0 Å². The summed E-state index contributed by atoms with van der Waals surface area (Å²) in [6.45, 7) is 3.03. The first-order valence-electron chi connectivity index (χ1n) is 10.7. The second-order valence-corrected chi connectivity index (χ2v) is 7.80. The maximum absolute atomic E-state index is 5.47. The molecule has 0 aliphatic rings. The molecule has 0 spiro atoms. The molecule has 3 aromatic rings. The van der Waals surface area contributed by atoms with Crippen LogP contribution < -0.4 is 14.2 Å². The standard InChI is InChI=1S/C28H31NO3.ClH/c1-21(29(2)20-23-12-16-27(31-4)28(18-23)32-5)17-25-19-26(30-3)15-14-24(25)13-11-22-9-7-6-8-10-22;/h6-10,12,14-16,18-19,21H,17,20H2,1-5H3;1H. The van der Waals surface area contributed by atoms with E-state index in [0.29, 0.717) is 6.04 Å². The topological polar surface area (TPSA) is 30.9 Å². The fourth-order valence-corrected chi connectivity index (χ4v) is 3.55. The molecule has 0 heterocycles. The van der Waals surface area contributed by atoms with Crippen LogP contribution in [-0.4, -0.2) is 39.3 Å². The molecule has 33 heavy (non-hydrogen) atoms. The largest absolute Gasteiger partial charge is 0.497 e. The molecule has 3 rings (SSSR count). The summed E-state index contributed by atoms with van der Waals surface area (Å²) in [6.07, 6.45) is 0.861. The van der Waals surface area contributed by atoms with Gasteiger partial charge in [0.2, 0.25) is 0 Å². The van der Waals surface area contributed by atoms with Gasteiger partial charge in [0.25, 0.3) is 0 Å². The summed E-state index contributed by atoms with van der Waals surface area (Å²) in [7, 11) is 7.14. The van der Waals surface area contributed by atoms with E-state index in [1.165, 1.54) is 11.1 Å². The molecule has 0 saturated carbocycles. The van der Waals surface area contributed by atoms with Crippen LogP contribution in [0.3, 0.4) is 0 Å². The van der Waals surface area contributed by atoms with Crippen LogP contribution >= 0.6 is 12.4 Å². The van der Waals surface area contributed by atoms with E-state index in [1.807, 2.05) is 54.6 Å². The molecule has 5 heteroatoms. The minimum Gasteiger partial charge on any atom is -0.497 e. The number of likely N-dealkylation sites (N-methyl/N-ethyl adjacent to an activating group) is 1. The molecule has 0 aromatic heterocycles. The Morgan fingerprint density at radius 2 is 1.55 bits per heavy atom. The lowest BCUT2D eigenvalue weighted by atomic mass is 9.99. The summed E-state index contributed by atoms with van der Waals surface area (Å²) in [5.41, 5.74) is 4.39. The van der Waals surface area contributed by atoms with Crippen LogP contribution in [0.1, 0.15) is 29.2 Å². The Kier molecular flexibility index (Phi) is 10.1. The van der Waals surface area contributed by atoms with Gasteiger partial charge in [-0.3, -0.25) is 4.90 Å². The van der Waals surface area contributed by atoms with Crippen LogP contribution in [0.15, 0.2) is 66.7 Å². The number of methoxy groups -OCH3 is 3. The van der Waals surface area contributed by atoms with Crippen LogP contribution in [0.5, 0.6) is 17.2 Å². The van der Waals surface area contributed by atoms with Crippen LogP contribution in [-0.2, 0) is 13.0 Å². The van der Waals surface area contributed by atoms with Crippen molar-refractivity contribution in [1.82, 2.24) is 4.90 Å². The third-order valence-corrected chi connectivity index (χ3v) is 5.58. The number of ether oxygens (including phenoxy) is 3. The second-order valence-electron chi connectivity index (χ2n) is 7.80. The van der Waals surface area contributed by atoms with Gasteiger partial charge in [0.05, 0.1) is 21.3 Å². The lowest BCUT2D eigenvalue weighted by Crippen LogP contribution is -2.30. The molecule has 4 nitrogen and oxygen atoms in total. The normalized spacial score (nSPS) is 11.1. The Morgan fingerprint density at radius 1 is 0.818 bits per heavy atom. The van der Waals surface area contributed by atoms with Crippen molar-refractivity contribution in [2.75, 3.05) is 28.4 Å². The fraction of sp³-hybridized carbons (Fsp3) is 0.286. The van der Waals surface area contributed by atoms with Crippen molar-refractivity contribution in [1.29, 1.82) is 0 Å². The van der Waals surface area contributed by atoms with Crippen molar-refractivity contribution in [3.8, 4) is 29.1 Å². The van der Waals surface area contributed by atoms with Gasteiger partial charge in [-0.15, -0.1) is 12.4 Å². The lowest BCUT2D eigenvalue weighted by Gasteiger charge is -2.26. The maximum Gasteiger partial charge on any atom is 0.161 e. The molecule has 0 bridgehead atoms. The number of benzene rings is 3. The average Bonchev–Trinajstić information content (AvgIpc) is 2.83. The van der Waals surface area contributed by atoms with E-state index < -0.39 is 0 Å². The van der Waals surface area contributed by atoms with Gasteiger partial charge in [0.15, 0.2) is 11.5 Å². The summed E-state index contributed by atoms with van der Waals surface area (Å²) in [4.78, 5) is 2.33. The van der Waals surface area contributed by atoms with Crippen molar-refractivity contribution in [2.45, 2.75) is 25.9 Å². The monoisotopic (exact) mass is 465 g/mol. The highest BCUT2D eigenvalue weighted by atomic mass is 35.5. The highest BCUT2D eigenvalue weighted by Crippen LogP contribution is 2.28. The molecule has 0 fully saturated rings. The molecule has 0 amide bonds. The van der Waals surface area contributed by atoms with E-state index in [1.54, 1.807) is 21.3 Å². The van der Waals surface area contributed by atoms with Gasteiger partial charge in [-0.05, 0) is 74.0 Å². The third kappa shape index (κ3) is 7.18. The van der Waals surface area contributed by atoms with Gasteiger partial charge in [-0.25, -0.2) is 0 Å². The number of nitrogens with zero attached hydrogens (tertiary/aromatic N) is 1. The molecule has 0 aliphatic heterocycles. The second kappa shape index (κ2) is 12.8. The molecule has 1 atom stereocenters. The first-order chi connectivity index (χ1) is 15.5. The van der Waals surface area contributed by atoms with Crippen molar-refractivity contribution in [3.63, 3.8) is 0 Å². The summed E-state index contributed by atoms with van der Waals surface area (Å²) in [5, 5.41) is 0. The van der Waals surface area contributed by atoms with Crippen molar-refractivity contribution in [2.24, 2.45) is 0 Å². The highest BCUT2D eigenvalue weighted by Gasteiger charge is 2.14. The zero-order chi connectivity index (χ0) is 22.9. The minimum atomic E-state index is 0. The van der Waals surface area contributed by atoms with Gasteiger partial charge in [-0.2, -0.15) is 0 Å². The Labute approximate surface area is 203 Å². The molecule has 1 unspecified atom stereocenters. The average molecular weight is 466 g/mol. The molecular formula is C28H32ClNO3. The van der Waals surface area contributed by atoms with E-state index in [-0.39, 0.29) is 12.4 Å². The van der Waals surface area contributed by atoms with E-state index >= 15 is 0 Å². The Balaban J connectivity index is 0.00000385. The summed E-state index contributed by atoms with van der Waals surface area (Å²) < 4.78 is 16.3. The predicted octanol–water partition coefficient (Wildman–Crippen LogP) is 5.60. The molecule has 174 valence electrons. The van der Waals surface area contributed by atoms with E-state index in [4.69, 9.17) is 14.2 Å². The Hall–Kier alpha value is -3.13. The first-order valence-corrected chi connectivity index (χ1v) is 10.7. The minimum absolute atomic E-state index is 0. The third-order valence-electron chi connectivity index (χ3n) is 5.58. The van der Waals surface area contributed by atoms with Crippen LogP contribution in [0, 0.1) is 11.8 Å². The maximum atomic E-state index is 5.47. The summed E-state index contributed by atoms with van der Waals surface area (Å²) in [5.74, 6) is 8.96. The fourth-order valence-electron chi connectivity index (χ4n) is 3.55. The molecule has 0 radical (unpaired) electrons. The quantitative estimate of drug-likeness (QED) is 0.405. The van der Waals surface area contributed by atoms with E-state index in [0.717, 1.165) is 41.3 Å². The van der Waals surface area contributed by atoms with Crippen LogP contribution in [0.2, 0.25) is 0 Å². The van der Waals surface area contributed by atoms with Crippen molar-refractivity contribution >= 4 is 12.4 Å². The highest BCUT2D eigenvalue weighted by molar-refractivity contribution is 5.85. The number of hydrogen-bond acceptors (Lipinski definition) is 4. The van der Waals surface area contributed by atoms with Crippen molar-refractivity contribution in [3.05, 3.63) is 89.0 Å². The molecule has 3 aromatic carbocycles. The lowest BCUT2D eigenvalue weighted by molar-refractivity contribution is 0.247. The van der Waals surface area contributed by atoms with Gasteiger partial charge in [0.1, 0.15) is 5.75 Å². The zero-order valence-corrected chi connectivity index (χ0v) is 20.7. The van der Waals surface area contributed by atoms with Crippen molar-refractivity contribution < 1.29 is 14.2 Å². The van der Waals surface area contributed by atoms with E-state index in [2.05, 4.69) is 42.8 Å². The number of halogens is 1. The Morgan fingerprint density at radius 3 is 2.21 bits per heavy atom. The number of rotatable bonds is 8. The van der Waals surface area contributed by atoms with Crippen LogP contribution in [0.25, 0.3) is 0 Å². The van der Waals surface area contributed by atoms with Crippen LogP contribution in [0.4, 0.5) is 0 Å². The first kappa shape index (κ1) is 26.1. The number of hydrogen-bond donors (Lipinski definition) is 0. The molecule has 0 saturated heterocycles. The molecule has 0 N–H and O–H groups in total. The molecule has 0 aliphatic carbocycles. The Bertz CT molecular complexity index is 1090. The SMILES string of the molecule is COc1ccc(C#Cc2ccccc2)c(CC(C)N(C)Cc2ccc(OC)c(OC)c2)c1.Cl. The van der Waals surface area contributed by atoms with Gasteiger partial charge in [-0.1, -0.05) is 36.1 Å². The smallest absolute Gasteiger partial charge is 0.161 e. The summed E-state index contributed by atoms with van der Waals surface area (Å²) in [6, 6.07) is 22.5. The molecular weight excluding hydrogens is 434 g/mol. The van der Waals surface area contributed by atoms with E-state index in [9.17, 15) is 0 Å². The zero-order valence-electron chi connectivity index (χ0n) is 19.9.